The van der Waals surface area contributed by atoms with E-state index in [4.69, 9.17) is 19.7 Å². The molecule has 0 spiro atoms. The van der Waals surface area contributed by atoms with E-state index in [1.165, 1.54) is 18.3 Å². The second kappa shape index (κ2) is 11.6. The SMILES string of the molecule is CC[C@H](NC(=O)/C(=N\OCCO)c1cccs1)B(O)O[C@H](C)CC(=O)O. The van der Waals surface area contributed by atoms with E-state index < -0.39 is 31.0 Å². The van der Waals surface area contributed by atoms with E-state index in [9.17, 15) is 14.6 Å². The maximum absolute atomic E-state index is 12.5. The van der Waals surface area contributed by atoms with Gasteiger partial charge >= 0.3 is 13.1 Å². The number of carbonyl (C=O) groups is 2. The van der Waals surface area contributed by atoms with Crippen molar-refractivity contribution in [1.82, 2.24) is 5.32 Å². The van der Waals surface area contributed by atoms with E-state index in [-0.39, 0.29) is 25.3 Å². The number of aliphatic carboxylic acids is 1. The van der Waals surface area contributed by atoms with Gasteiger partial charge in [-0.2, -0.15) is 0 Å². The van der Waals surface area contributed by atoms with Crippen molar-refractivity contribution in [3.05, 3.63) is 22.4 Å². The van der Waals surface area contributed by atoms with Gasteiger partial charge in [0.1, 0.15) is 6.61 Å². The number of nitrogens with one attached hydrogen (secondary N) is 1. The van der Waals surface area contributed by atoms with Crippen LogP contribution in [0.5, 0.6) is 0 Å². The topological polar surface area (TPSA) is 138 Å². The predicted octanol–water partition coefficient (Wildman–Crippen LogP) is 0.255. The lowest BCUT2D eigenvalue weighted by Gasteiger charge is -2.22. The molecule has 4 N–H and O–H groups in total. The minimum absolute atomic E-state index is 0.0117. The van der Waals surface area contributed by atoms with Crippen molar-refractivity contribution in [3.8, 4) is 0 Å². The number of oxime groups is 1. The molecule has 1 heterocycles. The number of carbonyl (C=O) groups excluding carboxylic acids is 1. The summed E-state index contributed by atoms with van der Waals surface area (Å²) in [4.78, 5) is 28.7. The molecule has 0 fully saturated rings. The highest BCUT2D eigenvalue weighted by molar-refractivity contribution is 7.13. The fourth-order valence-electron chi connectivity index (χ4n) is 2.00. The lowest BCUT2D eigenvalue weighted by molar-refractivity contribution is -0.138. The number of hydrogen-bond donors (Lipinski definition) is 4. The number of carboxylic acids is 1. The summed E-state index contributed by atoms with van der Waals surface area (Å²) in [7, 11) is -1.37. The largest absolute Gasteiger partial charge is 0.481 e. The van der Waals surface area contributed by atoms with Gasteiger partial charge in [0.15, 0.2) is 5.71 Å². The third-order valence-corrected chi connectivity index (χ3v) is 4.12. The molecular formula is C15H23BN2O7S. The van der Waals surface area contributed by atoms with Crippen LogP contribution in [0, 0.1) is 0 Å². The van der Waals surface area contributed by atoms with Crippen molar-refractivity contribution in [3.63, 3.8) is 0 Å². The summed E-state index contributed by atoms with van der Waals surface area (Å²) in [5.74, 6) is -2.39. The number of amides is 1. The number of hydrogen-bond acceptors (Lipinski definition) is 8. The van der Waals surface area contributed by atoms with Crippen LogP contribution in [0.4, 0.5) is 0 Å². The van der Waals surface area contributed by atoms with Crippen LogP contribution in [-0.4, -0.2) is 65.2 Å². The number of rotatable bonds is 12. The van der Waals surface area contributed by atoms with E-state index in [0.29, 0.717) is 11.3 Å². The molecule has 0 saturated carbocycles. The molecule has 1 aromatic heterocycles. The van der Waals surface area contributed by atoms with Gasteiger partial charge in [-0.05, 0) is 24.8 Å². The van der Waals surface area contributed by atoms with Crippen LogP contribution in [0.25, 0.3) is 0 Å². The Bertz CT molecular complexity index is 597. The van der Waals surface area contributed by atoms with Crippen molar-refractivity contribution in [2.45, 2.75) is 38.7 Å². The molecule has 1 aromatic rings. The van der Waals surface area contributed by atoms with Gasteiger partial charge in [-0.1, -0.05) is 18.1 Å². The van der Waals surface area contributed by atoms with Gasteiger partial charge in [0.2, 0.25) is 0 Å². The fraction of sp³-hybridized carbons (Fsp3) is 0.533. The van der Waals surface area contributed by atoms with Crippen molar-refractivity contribution in [1.29, 1.82) is 0 Å². The van der Waals surface area contributed by atoms with E-state index in [2.05, 4.69) is 10.5 Å². The zero-order valence-electron chi connectivity index (χ0n) is 14.6. The van der Waals surface area contributed by atoms with Crippen LogP contribution in [0.1, 0.15) is 31.6 Å². The van der Waals surface area contributed by atoms with Gasteiger partial charge in [0.25, 0.3) is 5.91 Å². The van der Waals surface area contributed by atoms with E-state index in [0.717, 1.165) is 0 Å². The molecule has 2 atom stereocenters. The molecule has 144 valence electrons. The number of aliphatic hydroxyl groups excluding tert-OH is 1. The second-order valence-corrected chi connectivity index (χ2v) is 6.35. The Labute approximate surface area is 155 Å². The molecule has 0 radical (unpaired) electrons. The highest BCUT2D eigenvalue weighted by Crippen LogP contribution is 2.12. The zero-order valence-corrected chi connectivity index (χ0v) is 15.4. The molecule has 0 aliphatic heterocycles. The Morgan fingerprint density at radius 2 is 2.19 bits per heavy atom. The zero-order chi connectivity index (χ0) is 19.5. The monoisotopic (exact) mass is 386 g/mol. The van der Waals surface area contributed by atoms with Gasteiger partial charge in [-0.15, -0.1) is 11.3 Å². The third kappa shape index (κ3) is 7.52. The lowest BCUT2D eigenvalue weighted by Crippen LogP contribution is -2.50. The normalized spacial score (nSPS) is 13.8. The summed E-state index contributed by atoms with van der Waals surface area (Å²) < 4.78 is 5.24. The standard InChI is InChI=1S/C15H23BN2O7S/c1-3-12(16(23)25-10(2)9-13(20)21)17-15(22)14(18-24-7-6-19)11-5-4-8-26-11/h4-5,8,10,12,19,23H,3,6-7,9H2,1-2H3,(H,17,22)(H,20,21)/b18-14-/t10-,12+/m1/s1. The Hall–Kier alpha value is -1.95. The number of aliphatic hydroxyl groups is 1. The molecule has 26 heavy (non-hydrogen) atoms. The average molecular weight is 386 g/mol. The van der Waals surface area contributed by atoms with Crippen LogP contribution in [0.15, 0.2) is 22.7 Å². The third-order valence-electron chi connectivity index (χ3n) is 3.24. The molecule has 1 rings (SSSR count). The molecule has 0 bridgehead atoms. The van der Waals surface area contributed by atoms with Crippen LogP contribution in [0.2, 0.25) is 0 Å². The van der Waals surface area contributed by atoms with Crippen LogP contribution in [0.3, 0.4) is 0 Å². The summed E-state index contributed by atoms with van der Waals surface area (Å²) in [6.07, 6.45) is -0.632. The first-order chi connectivity index (χ1) is 12.4. The first-order valence-corrected chi connectivity index (χ1v) is 8.97. The Morgan fingerprint density at radius 3 is 2.73 bits per heavy atom. The quantitative estimate of drug-likeness (QED) is 0.175. The van der Waals surface area contributed by atoms with Crippen molar-refractivity contribution < 1.29 is 34.3 Å². The molecule has 0 saturated heterocycles. The summed E-state index contributed by atoms with van der Waals surface area (Å²) in [5, 5.41) is 35.8. The first kappa shape index (κ1) is 22.1. The van der Waals surface area contributed by atoms with Gasteiger partial charge in [0.05, 0.1) is 30.0 Å². The number of carboxylic acid groups (broad SMARTS) is 1. The molecule has 0 aliphatic carbocycles. The lowest BCUT2D eigenvalue weighted by atomic mass is 9.76. The first-order valence-electron chi connectivity index (χ1n) is 8.09. The van der Waals surface area contributed by atoms with Crippen LogP contribution >= 0.6 is 11.3 Å². The molecule has 9 nitrogen and oxygen atoms in total. The number of nitrogens with zero attached hydrogens (tertiary/aromatic N) is 1. The Morgan fingerprint density at radius 1 is 1.46 bits per heavy atom. The van der Waals surface area contributed by atoms with E-state index in [1.807, 2.05) is 0 Å². The average Bonchev–Trinajstić information content (AvgIpc) is 3.09. The minimum atomic E-state index is -1.37. The smallest absolute Gasteiger partial charge is 0.478 e. The predicted molar refractivity (Wildman–Crippen MR) is 96.9 cm³/mol. The van der Waals surface area contributed by atoms with Gasteiger partial charge in [-0.3, -0.25) is 9.59 Å². The van der Waals surface area contributed by atoms with Gasteiger partial charge in [0, 0.05) is 0 Å². The molecule has 0 unspecified atom stereocenters. The van der Waals surface area contributed by atoms with Crippen LogP contribution in [-0.2, 0) is 19.1 Å². The van der Waals surface area contributed by atoms with Gasteiger partial charge < -0.3 is 30.0 Å². The summed E-state index contributed by atoms with van der Waals surface area (Å²) in [5.41, 5.74) is 0.0117. The highest BCUT2D eigenvalue weighted by atomic mass is 32.1. The Balaban J connectivity index is 2.78. The highest BCUT2D eigenvalue weighted by Gasteiger charge is 2.31. The summed E-state index contributed by atoms with van der Waals surface area (Å²) in [6, 6.07) is 3.44. The minimum Gasteiger partial charge on any atom is -0.481 e. The van der Waals surface area contributed by atoms with Crippen molar-refractivity contribution >= 4 is 36.0 Å². The maximum atomic E-state index is 12.5. The Kier molecular flexibility index (Phi) is 9.88. The maximum Gasteiger partial charge on any atom is 0.478 e. The van der Waals surface area contributed by atoms with E-state index >= 15 is 0 Å². The molecule has 1 amide bonds. The molecular weight excluding hydrogens is 363 g/mol. The van der Waals surface area contributed by atoms with E-state index in [1.54, 1.807) is 24.4 Å². The van der Waals surface area contributed by atoms with Crippen molar-refractivity contribution in [2.75, 3.05) is 13.2 Å². The van der Waals surface area contributed by atoms with Gasteiger partial charge in [-0.25, -0.2) is 0 Å². The van der Waals surface area contributed by atoms with Crippen LogP contribution < -0.4 is 5.32 Å². The molecule has 0 aromatic carbocycles. The molecule has 0 aliphatic rings. The fourth-order valence-corrected chi connectivity index (χ4v) is 2.70. The van der Waals surface area contributed by atoms with Crippen molar-refractivity contribution in [2.24, 2.45) is 5.16 Å². The number of thiophene rings is 1. The second-order valence-electron chi connectivity index (χ2n) is 5.40. The summed E-state index contributed by atoms with van der Waals surface area (Å²) in [6.45, 7) is 2.96. The summed E-state index contributed by atoms with van der Waals surface area (Å²) >= 11 is 1.28. The molecule has 11 heteroatoms.